The molecule has 1 aliphatic heterocycles. The minimum atomic E-state index is 0.346. The Labute approximate surface area is 108 Å². The molecule has 1 saturated heterocycles. The second kappa shape index (κ2) is 5.98. The van der Waals surface area contributed by atoms with E-state index in [0.717, 1.165) is 19.6 Å². The lowest BCUT2D eigenvalue weighted by atomic mass is 9.96. The Morgan fingerprint density at radius 3 is 2.82 bits per heavy atom. The summed E-state index contributed by atoms with van der Waals surface area (Å²) >= 11 is 1.93. The standard InChI is InChI=1S/C14H23NOS/c1-4-11-6-7-12(17-11)13(15-5-2)14-10(3)8-9-16-14/h6-7,10,13-15H,4-5,8-9H2,1-3H3. The van der Waals surface area contributed by atoms with E-state index >= 15 is 0 Å². The van der Waals surface area contributed by atoms with Gasteiger partial charge < -0.3 is 10.1 Å². The highest BCUT2D eigenvalue weighted by Gasteiger charge is 2.33. The summed E-state index contributed by atoms with van der Waals surface area (Å²) in [5.74, 6) is 0.659. The Kier molecular flexibility index (Phi) is 4.60. The molecule has 1 aliphatic rings. The lowest BCUT2D eigenvalue weighted by Crippen LogP contribution is -2.34. The second-order valence-corrected chi connectivity index (χ2v) is 5.99. The van der Waals surface area contributed by atoms with Crippen molar-refractivity contribution in [3.05, 3.63) is 21.9 Å². The molecule has 96 valence electrons. The van der Waals surface area contributed by atoms with E-state index in [1.165, 1.54) is 16.2 Å². The minimum Gasteiger partial charge on any atom is -0.376 e. The van der Waals surface area contributed by atoms with E-state index in [1.807, 2.05) is 11.3 Å². The summed E-state index contributed by atoms with van der Waals surface area (Å²) in [7, 11) is 0. The molecule has 1 fully saturated rings. The van der Waals surface area contributed by atoms with Crippen molar-refractivity contribution in [1.29, 1.82) is 0 Å². The van der Waals surface area contributed by atoms with Crippen LogP contribution in [0.25, 0.3) is 0 Å². The fourth-order valence-electron chi connectivity index (χ4n) is 2.49. The van der Waals surface area contributed by atoms with Crippen molar-refractivity contribution in [3.63, 3.8) is 0 Å². The number of rotatable bonds is 5. The summed E-state index contributed by atoms with van der Waals surface area (Å²) in [6.07, 6.45) is 2.67. The van der Waals surface area contributed by atoms with E-state index in [-0.39, 0.29) is 0 Å². The van der Waals surface area contributed by atoms with Crippen LogP contribution in [0.5, 0.6) is 0 Å². The van der Waals surface area contributed by atoms with Gasteiger partial charge in [0.05, 0.1) is 12.1 Å². The molecule has 1 aromatic heterocycles. The summed E-state index contributed by atoms with van der Waals surface area (Å²) in [5.41, 5.74) is 0. The van der Waals surface area contributed by atoms with Crippen molar-refractivity contribution in [3.8, 4) is 0 Å². The molecule has 17 heavy (non-hydrogen) atoms. The summed E-state index contributed by atoms with van der Waals surface area (Å²) < 4.78 is 5.92. The molecule has 1 aromatic rings. The third-order valence-electron chi connectivity index (χ3n) is 3.53. The Morgan fingerprint density at radius 1 is 1.47 bits per heavy atom. The lowest BCUT2D eigenvalue weighted by Gasteiger charge is -2.26. The third-order valence-corrected chi connectivity index (χ3v) is 4.85. The van der Waals surface area contributed by atoms with Crippen LogP contribution in [0.3, 0.4) is 0 Å². The molecule has 3 heteroatoms. The topological polar surface area (TPSA) is 21.3 Å². The van der Waals surface area contributed by atoms with E-state index in [4.69, 9.17) is 4.74 Å². The van der Waals surface area contributed by atoms with Gasteiger partial charge in [0.25, 0.3) is 0 Å². The Morgan fingerprint density at radius 2 is 2.29 bits per heavy atom. The summed E-state index contributed by atoms with van der Waals surface area (Å²) in [5, 5.41) is 3.59. The summed E-state index contributed by atoms with van der Waals surface area (Å²) in [6, 6.07) is 4.90. The van der Waals surface area contributed by atoms with Gasteiger partial charge in [0.1, 0.15) is 0 Å². The zero-order chi connectivity index (χ0) is 12.3. The average Bonchev–Trinajstić information content (AvgIpc) is 2.95. The minimum absolute atomic E-state index is 0.346. The van der Waals surface area contributed by atoms with Gasteiger partial charge in [0, 0.05) is 16.4 Å². The Bertz CT molecular complexity index is 350. The zero-order valence-corrected chi connectivity index (χ0v) is 11.8. The third kappa shape index (κ3) is 2.90. The van der Waals surface area contributed by atoms with Crippen molar-refractivity contribution < 1.29 is 4.74 Å². The van der Waals surface area contributed by atoms with Crippen molar-refractivity contribution in [2.24, 2.45) is 5.92 Å². The van der Waals surface area contributed by atoms with Gasteiger partial charge in [-0.05, 0) is 37.4 Å². The summed E-state index contributed by atoms with van der Waals surface area (Å²) in [6.45, 7) is 8.60. The SMILES string of the molecule is CCNC(c1ccc(CC)s1)C1OCCC1C. The van der Waals surface area contributed by atoms with Crippen LogP contribution < -0.4 is 5.32 Å². The quantitative estimate of drug-likeness (QED) is 0.868. The number of aryl methyl sites for hydroxylation is 1. The Balaban J connectivity index is 2.15. The number of nitrogens with one attached hydrogen (secondary N) is 1. The number of likely N-dealkylation sites (N-methyl/N-ethyl adjacent to an activating group) is 1. The monoisotopic (exact) mass is 253 g/mol. The maximum Gasteiger partial charge on any atom is 0.0804 e. The van der Waals surface area contributed by atoms with Crippen molar-refractivity contribution in [1.82, 2.24) is 5.32 Å². The molecule has 0 aliphatic carbocycles. The highest BCUT2D eigenvalue weighted by molar-refractivity contribution is 7.12. The molecular formula is C14H23NOS. The second-order valence-electron chi connectivity index (χ2n) is 4.79. The first-order valence-electron chi connectivity index (χ1n) is 6.69. The average molecular weight is 253 g/mol. The molecule has 0 saturated carbocycles. The van der Waals surface area contributed by atoms with Gasteiger partial charge in [-0.25, -0.2) is 0 Å². The van der Waals surface area contributed by atoms with Gasteiger partial charge in [-0.2, -0.15) is 0 Å². The smallest absolute Gasteiger partial charge is 0.0804 e. The predicted molar refractivity (Wildman–Crippen MR) is 73.6 cm³/mol. The number of hydrogen-bond donors (Lipinski definition) is 1. The highest BCUT2D eigenvalue weighted by atomic mass is 32.1. The van der Waals surface area contributed by atoms with E-state index in [9.17, 15) is 0 Å². The van der Waals surface area contributed by atoms with E-state index in [0.29, 0.717) is 18.1 Å². The fourth-order valence-corrected chi connectivity index (χ4v) is 3.56. The van der Waals surface area contributed by atoms with Gasteiger partial charge in [0.15, 0.2) is 0 Å². The van der Waals surface area contributed by atoms with Crippen LogP contribution in [-0.4, -0.2) is 19.3 Å². The van der Waals surface area contributed by atoms with E-state index in [1.54, 1.807) is 0 Å². The van der Waals surface area contributed by atoms with Crippen LogP contribution in [0.2, 0.25) is 0 Å². The van der Waals surface area contributed by atoms with Gasteiger partial charge in [-0.15, -0.1) is 11.3 Å². The number of thiophene rings is 1. The van der Waals surface area contributed by atoms with Crippen LogP contribution in [0.1, 0.15) is 43.0 Å². The maximum atomic E-state index is 5.92. The molecule has 2 nitrogen and oxygen atoms in total. The molecule has 1 N–H and O–H groups in total. The summed E-state index contributed by atoms with van der Waals surface area (Å²) in [4.78, 5) is 2.90. The van der Waals surface area contributed by atoms with Gasteiger partial charge in [-0.3, -0.25) is 0 Å². The van der Waals surface area contributed by atoms with Crippen LogP contribution in [0.4, 0.5) is 0 Å². The molecule has 0 spiro atoms. The first-order chi connectivity index (χ1) is 8.26. The van der Waals surface area contributed by atoms with Crippen molar-refractivity contribution in [2.45, 2.75) is 45.8 Å². The molecule has 2 rings (SSSR count). The molecular weight excluding hydrogens is 230 g/mol. The van der Waals surface area contributed by atoms with Gasteiger partial charge in [-0.1, -0.05) is 20.8 Å². The first-order valence-corrected chi connectivity index (χ1v) is 7.51. The van der Waals surface area contributed by atoms with E-state index in [2.05, 4.69) is 38.2 Å². The predicted octanol–water partition coefficient (Wildman–Crippen LogP) is 3.39. The first kappa shape index (κ1) is 13.1. The van der Waals surface area contributed by atoms with Crippen LogP contribution >= 0.6 is 11.3 Å². The largest absolute Gasteiger partial charge is 0.376 e. The molecule has 0 aromatic carbocycles. The molecule has 3 unspecified atom stereocenters. The zero-order valence-electron chi connectivity index (χ0n) is 11.0. The fraction of sp³-hybridized carbons (Fsp3) is 0.714. The van der Waals surface area contributed by atoms with Gasteiger partial charge in [0.2, 0.25) is 0 Å². The van der Waals surface area contributed by atoms with Crippen LogP contribution in [0, 0.1) is 5.92 Å². The van der Waals surface area contributed by atoms with Crippen molar-refractivity contribution in [2.75, 3.05) is 13.2 Å². The highest BCUT2D eigenvalue weighted by Crippen LogP contribution is 2.34. The van der Waals surface area contributed by atoms with Crippen molar-refractivity contribution >= 4 is 11.3 Å². The van der Waals surface area contributed by atoms with Gasteiger partial charge >= 0.3 is 0 Å². The normalized spacial score (nSPS) is 26.3. The number of hydrogen-bond acceptors (Lipinski definition) is 3. The Hall–Kier alpha value is -0.380. The maximum absolute atomic E-state index is 5.92. The molecule has 0 radical (unpaired) electrons. The van der Waals surface area contributed by atoms with Crippen LogP contribution in [-0.2, 0) is 11.2 Å². The molecule has 2 heterocycles. The molecule has 0 amide bonds. The van der Waals surface area contributed by atoms with E-state index < -0.39 is 0 Å². The lowest BCUT2D eigenvalue weighted by molar-refractivity contribution is 0.0622. The molecule has 0 bridgehead atoms. The number of ether oxygens (including phenoxy) is 1. The molecule has 3 atom stereocenters. The van der Waals surface area contributed by atoms with Crippen LogP contribution in [0.15, 0.2) is 12.1 Å².